The van der Waals surface area contributed by atoms with E-state index in [-0.39, 0.29) is 28.2 Å². The van der Waals surface area contributed by atoms with Crippen LogP contribution in [-0.4, -0.2) is 31.0 Å². The molecule has 200 valence electrons. The van der Waals surface area contributed by atoms with Crippen LogP contribution in [0.1, 0.15) is 78.9 Å². The van der Waals surface area contributed by atoms with E-state index in [4.69, 9.17) is 21.1 Å². The van der Waals surface area contributed by atoms with Gasteiger partial charge in [0.1, 0.15) is 11.5 Å². The number of hydrogen-bond acceptors (Lipinski definition) is 4. The standard InChI is InChI=1S/C29H42BrClN2O3/c1-9-28(4,5)20-11-12-25(21(15-20)29(6,7)10-2)36-19(3)13-14-32-24-17-23(33-27(34)18-30)22(31)16-26(24)35-8/h11-12,15-17,19,32H,9-10,13-14,18H2,1-8H3,(H,33,34). The molecule has 0 heterocycles. The highest BCUT2D eigenvalue weighted by Crippen LogP contribution is 2.39. The van der Waals surface area contributed by atoms with Crippen LogP contribution in [0.25, 0.3) is 0 Å². The summed E-state index contributed by atoms with van der Waals surface area (Å²) < 4.78 is 12.0. The molecule has 0 aliphatic carbocycles. The number of benzene rings is 2. The molecule has 0 saturated heterocycles. The van der Waals surface area contributed by atoms with Gasteiger partial charge in [0.2, 0.25) is 5.91 Å². The van der Waals surface area contributed by atoms with E-state index in [1.165, 1.54) is 11.1 Å². The zero-order valence-electron chi connectivity index (χ0n) is 23.0. The minimum Gasteiger partial charge on any atom is -0.495 e. The topological polar surface area (TPSA) is 59.6 Å². The third-order valence-corrected chi connectivity index (χ3v) is 7.96. The minimum atomic E-state index is -0.172. The van der Waals surface area contributed by atoms with E-state index in [1.807, 2.05) is 0 Å². The second-order valence-corrected chi connectivity index (χ2v) is 11.5. The predicted molar refractivity (Wildman–Crippen MR) is 157 cm³/mol. The number of nitrogens with one attached hydrogen (secondary N) is 2. The quantitative estimate of drug-likeness (QED) is 0.234. The Hall–Kier alpha value is -1.92. The fourth-order valence-electron chi connectivity index (χ4n) is 3.80. The van der Waals surface area contributed by atoms with Gasteiger partial charge < -0.3 is 20.1 Å². The van der Waals surface area contributed by atoms with Gasteiger partial charge in [-0.3, -0.25) is 4.79 Å². The number of carbonyl (C=O) groups is 1. The Morgan fingerprint density at radius 3 is 2.28 bits per heavy atom. The summed E-state index contributed by atoms with van der Waals surface area (Å²) in [5.41, 5.74) is 4.04. The number of alkyl halides is 1. The van der Waals surface area contributed by atoms with Gasteiger partial charge in [-0.25, -0.2) is 0 Å². The zero-order valence-corrected chi connectivity index (χ0v) is 25.3. The monoisotopic (exact) mass is 580 g/mol. The first-order valence-corrected chi connectivity index (χ1v) is 14.2. The van der Waals surface area contributed by atoms with Crippen molar-refractivity contribution in [3.8, 4) is 11.5 Å². The van der Waals surface area contributed by atoms with Crippen molar-refractivity contribution in [2.45, 2.75) is 84.7 Å². The molecule has 1 unspecified atom stereocenters. The third kappa shape index (κ3) is 7.79. The maximum atomic E-state index is 11.8. The highest BCUT2D eigenvalue weighted by atomic mass is 79.9. The molecule has 0 aliphatic rings. The lowest BCUT2D eigenvalue weighted by molar-refractivity contribution is -0.113. The number of anilines is 2. The van der Waals surface area contributed by atoms with Crippen molar-refractivity contribution in [1.82, 2.24) is 0 Å². The fraction of sp³-hybridized carbons (Fsp3) is 0.552. The number of amides is 1. The number of hydrogen-bond donors (Lipinski definition) is 2. The number of methoxy groups -OCH3 is 1. The summed E-state index contributed by atoms with van der Waals surface area (Å²) in [6.07, 6.45) is 2.89. The Labute approximate surface area is 230 Å². The molecule has 0 saturated carbocycles. The Morgan fingerprint density at radius 1 is 1.03 bits per heavy atom. The first-order valence-electron chi connectivity index (χ1n) is 12.7. The molecule has 0 bridgehead atoms. The van der Waals surface area contributed by atoms with E-state index >= 15 is 0 Å². The maximum absolute atomic E-state index is 11.8. The third-order valence-electron chi connectivity index (χ3n) is 7.14. The van der Waals surface area contributed by atoms with Gasteiger partial charge in [-0.2, -0.15) is 0 Å². The molecular formula is C29H42BrClN2O3. The van der Waals surface area contributed by atoms with Crippen molar-refractivity contribution in [3.63, 3.8) is 0 Å². The molecule has 7 heteroatoms. The Balaban J connectivity index is 2.15. The number of rotatable bonds is 13. The maximum Gasteiger partial charge on any atom is 0.235 e. The van der Waals surface area contributed by atoms with Crippen LogP contribution in [0.3, 0.4) is 0 Å². The summed E-state index contributed by atoms with van der Waals surface area (Å²) >= 11 is 9.47. The lowest BCUT2D eigenvalue weighted by Gasteiger charge is -2.31. The molecule has 0 aliphatic heterocycles. The van der Waals surface area contributed by atoms with Gasteiger partial charge in [0.05, 0.1) is 34.9 Å². The molecule has 0 spiro atoms. The molecule has 5 nitrogen and oxygen atoms in total. The van der Waals surface area contributed by atoms with E-state index in [1.54, 1.807) is 19.2 Å². The molecule has 1 amide bonds. The van der Waals surface area contributed by atoms with Gasteiger partial charge in [0, 0.05) is 24.6 Å². The second kappa shape index (κ2) is 13.0. The Morgan fingerprint density at radius 2 is 1.69 bits per heavy atom. The predicted octanol–water partition coefficient (Wildman–Crippen LogP) is 8.33. The van der Waals surface area contributed by atoms with E-state index in [0.29, 0.717) is 23.0 Å². The van der Waals surface area contributed by atoms with E-state index in [2.05, 4.69) is 93.2 Å². The van der Waals surface area contributed by atoms with Crippen LogP contribution >= 0.6 is 27.5 Å². The minimum absolute atomic E-state index is 0.000179. The van der Waals surface area contributed by atoms with Crippen molar-refractivity contribution in [1.29, 1.82) is 0 Å². The van der Waals surface area contributed by atoms with Crippen LogP contribution in [0, 0.1) is 0 Å². The summed E-state index contributed by atoms with van der Waals surface area (Å²) in [7, 11) is 1.60. The van der Waals surface area contributed by atoms with Crippen LogP contribution < -0.4 is 20.1 Å². The summed E-state index contributed by atoms with van der Waals surface area (Å²) in [5.74, 6) is 1.40. The smallest absolute Gasteiger partial charge is 0.235 e. The normalized spacial score (nSPS) is 12.7. The van der Waals surface area contributed by atoms with Crippen LogP contribution in [-0.2, 0) is 15.6 Å². The van der Waals surface area contributed by atoms with Gasteiger partial charge in [-0.05, 0) is 48.3 Å². The average Bonchev–Trinajstić information content (AvgIpc) is 2.85. The van der Waals surface area contributed by atoms with Crippen molar-refractivity contribution in [2.75, 3.05) is 29.6 Å². The van der Waals surface area contributed by atoms with Gasteiger partial charge in [-0.1, -0.05) is 81.2 Å². The van der Waals surface area contributed by atoms with Crippen molar-refractivity contribution in [3.05, 3.63) is 46.5 Å². The summed E-state index contributed by atoms with van der Waals surface area (Å²) in [6, 6.07) is 10.2. The largest absolute Gasteiger partial charge is 0.495 e. The summed E-state index contributed by atoms with van der Waals surface area (Å²) in [6.45, 7) is 16.4. The second-order valence-electron chi connectivity index (χ2n) is 10.5. The van der Waals surface area contributed by atoms with Crippen molar-refractivity contribution >= 4 is 44.8 Å². The molecule has 0 fully saturated rings. The zero-order chi connectivity index (χ0) is 27.1. The molecule has 2 aromatic carbocycles. The van der Waals surface area contributed by atoms with Gasteiger partial charge in [0.15, 0.2) is 0 Å². The number of halogens is 2. The first-order chi connectivity index (χ1) is 16.9. The van der Waals surface area contributed by atoms with Gasteiger partial charge in [0.25, 0.3) is 0 Å². The van der Waals surface area contributed by atoms with Crippen molar-refractivity contribution in [2.24, 2.45) is 0 Å². The molecule has 2 N–H and O–H groups in total. The van der Waals surface area contributed by atoms with Gasteiger partial charge >= 0.3 is 0 Å². The number of ether oxygens (including phenoxy) is 2. The van der Waals surface area contributed by atoms with E-state index in [0.717, 1.165) is 30.7 Å². The number of carbonyl (C=O) groups excluding carboxylic acids is 1. The highest BCUT2D eigenvalue weighted by Gasteiger charge is 2.27. The molecule has 1 atom stereocenters. The van der Waals surface area contributed by atoms with Crippen LogP contribution in [0.15, 0.2) is 30.3 Å². The highest BCUT2D eigenvalue weighted by molar-refractivity contribution is 9.09. The van der Waals surface area contributed by atoms with Gasteiger partial charge in [-0.15, -0.1) is 0 Å². The van der Waals surface area contributed by atoms with Crippen molar-refractivity contribution < 1.29 is 14.3 Å². The molecule has 0 radical (unpaired) electrons. The summed E-state index contributed by atoms with van der Waals surface area (Å²) in [5, 5.41) is 6.81. The Kier molecular flexibility index (Phi) is 11.0. The van der Waals surface area contributed by atoms with Crippen LogP contribution in [0.5, 0.6) is 11.5 Å². The van der Waals surface area contributed by atoms with Crippen LogP contribution in [0.4, 0.5) is 11.4 Å². The molecule has 36 heavy (non-hydrogen) atoms. The lowest BCUT2D eigenvalue weighted by Crippen LogP contribution is -2.23. The molecule has 2 aromatic rings. The molecule has 0 aromatic heterocycles. The molecular weight excluding hydrogens is 540 g/mol. The SMILES string of the molecule is CCC(C)(C)c1ccc(OC(C)CCNc2cc(NC(=O)CBr)c(Cl)cc2OC)c(C(C)(C)CC)c1. The molecule has 2 rings (SSSR count). The first kappa shape index (κ1) is 30.3. The fourth-order valence-corrected chi connectivity index (χ4v) is 4.15. The lowest BCUT2D eigenvalue weighted by atomic mass is 9.76. The van der Waals surface area contributed by atoms with E-state index in [9.17, 15) is 4.79 Å². The summed E-state index contributed by atoms with van der Waals surface area (Å²) in [4.78, 5) is 11.8. The average molecular weight is 582 g/mol. The van der Waals surface area contributed by atoms with Crippen LogP contribution in [0.2, 0.25) is 5.02 Å². The Bertz CT molecular complexity index is 1040. The van der Waals surface area contributed by atoms with E-state index < -0.39 is 0 Å².